The van der Waals surface area contributed by atoms with Crippen molar-refractivity contribution in [2.75, 3.05) is 9.80 Å². The fraction of sp³-hybridized carbons (Fsp3) is 0.191. The lowest BCUT2D eigenvalue weighted by molar-refractivity contribution is 0.590. The van der Waals surface area contributed by atoms with Gasteiger partial charge in [0, 0.05) is 34.1 Å². The first-order valence-electron chi connectivity index (χ1n) is 17.3. The molecule has 0 radical (unpaired) electrons. The monoisotopic (exact) mass is 640 g/mol. The molecule has 0 saturated heterocycles. The molecule has 0 amide bonds. The third kappa shape index (κ3) is 8.04. The highest BCUT2D eigenvalue weighted by molar-refractivity contribution is 5.80. The summed E-state index contributed by atoms with van der Waals surface area (Å²) >= 11 is 0. The predicted molar refractivity (Wildman–Crippen MR) is 213 cm³/mol. The molecule has 0 heterocycles. The summed E-state index contributed by atoms with van der Waals surface area (Å²) in [6.07, 6.45) is 4.38. The van der Waals surface area contributed by atoms with Gasteiger partial charge in [0.05, 0.1) is 0 Å². The van der Waals surface area contributed by atoms with E-state index in [1.54, 1.807) is 0 Å². The molecule has 2 heteroatoms. The standard InChI is InChI=1S/C47H48N2/c1-35-12-11-15-45(34-35)49(40-13-9-8-10-14-40)42-28-20-37(21-29-42)17-16-36-18-26-41(27-19-36)48(43-30-22-38(23-31-43)46(2,3)4)44-32-24-39(25-33-44)47(5,6)7/h8-34H,1-7H3/b17-16+. The summed E-state index contributed by atoms with van der Waals surface area (Å²) in [5.74, 6) is 0. The van der Waals surface area contributed by atoms with Crippen LogP contribution in [0.5, 0.6) is 0 Å². The van der Waals surface area contributed by atoms with Crippen LogP contribution in [0.2, 0.25) is 0 Å². The molecule has 0 fully saturated rings. The van der Waals surface area contributed by atoms with E-state index in [1.807, 2.05) is 0 Å². The van der Waals surface area contributed by atoms with E-state index in [0.29, 0.717) is 0 Å². The van der Waals surface area contributed by atoms with Gasteiger partial charge in [-0.1, -0.05) is 133 Å². The van der Waals surface area contributed by atoms with Gasteiger partial charge in [-0.25, -0.2) is 0 Å². The quantitative estimate of drug-likeness (QED) is 0.153. The molecular formula is C47H48N2. The second kappa shape index (κ2) is 14.0. The van der Waals surface area contributed by atoms with Gasteiger partial charge in [-0.05, 0) is 118 Å². The SMILES string of the molecule is Cc1cccc(N(c2ccccc2)c2ccc(/C=C/c3ccc(N(c4ccc(C(C)(C)C)cc4)c4ccc(C(C)(C)C)cc4)cc3)cc2)c1. The maximum atomic E-state index is 2.35. The summed E-state index contributed by atoms with van der Waals surface area (Å²) in [5.41, 5.74) is 13.3. The number of anilines is 6. The fourth-order valence-electron chi connectivity index (χ4n) is 6.12. The van der Waals surface area contributed by atoms with Crippen molar-refractivity contribution in [2.45, 2.75) is 59.3 Å². The molecule has 246 valence electrons. The number of benzene rings is 6. The van der Waals surface area contributed by atoms with Crippen LogP contribution in [0.15, 0.2) is 152 Å². The van der Waals surface area contributed by atoms with Gasteiger partial charge in [-0.3, -0.25) is 0 Å². The minimum Gasteiger partial charge on any atom is -0.311 e. The third-order valence-corrected chi connectivity index (χ3v) is 9.03. The zero-order valence-electron chi connectivity index (χ0n) is 30.0. The highest BCUT2D eigenvalue weighted by Crippen LogP contribution is 2.38. The Bertz CT molecular complexity index is 1930. The lowest BCUT2D eigenvalue weighted by Gasteiger charge is -2.28. The van der Waals surface area contributed by atoms with E-state index < -0.39 is 0 Å². The normalized spacial score (nSPS) is 11.9. The van der Waals surface area contributed by atoms with Crippen LogP contribution < -0.4 is 9.80 Å². The Morgan fingerprint density at radius 2 is 0.714 bits per heavy atom. The van der Waals surface area contributed by atoms with Crippen LogP contribution in [0.1, 0.15) is 69.4 Å². The van der Waals surface area contributed by atoms with Crippen molar-refractivity contribution in [1.82, 2.24) is 0 Å². The molecule has 0 N–H and O–H groups in total. The molecule has 0 saturated carbocycles. The first kappa shape index (κ1) is 33.6. The van der Waals surface area contributed by atoms with Gasteiger partial charge in [0.25, 0.3) is 0 Å². The van der Waals surface area contributed by atoms with Gasteiger partial charge in [-0.15, -0.1) is 0 Å². The Labute approximate surface area is 294 Å². The summed E-state index contributed by atoms with van der Waals surface area (Å²) in [5, 5.41) is 0. The van der Waals surface area contributed by atoms with E-state index in [0.717, 1.165) is 45.3 Å². The molecule has 0 unspecified atom stereocenters. The summed E-state index contributed by atoms with van der Waals surface area (Å²) in [7, 11) is 0. The average molecular weight is 641 g/mol. The largest absolute Gasteiger partial charge is 0.311 e. The van der Waals surface area contributed by atoms with Crippen molar-refractivity contribution in [2.24, 2.45) is 0 Å². The van der Waals surface area contributed by atoms with Crippen molar-refractivity contribution in [3.63, 3.8) is 0 Å². The molecule has 2 nitrogen and oxygen atoms in total. The third-order valence-electron chi connectivity index (χ3n) is 9.03. The number of para-hydroxylation sites is 1. The van der Waals surface area contributed by atoms with Crippen LogP contribution in [0, 0.1) is 6.92 Å². The molecule has 0 aliphatic heterocycles. The Kier molecular flexibility index (Phi) is 9.60. The maximum absolute atomic E-state index is 2.35. The second-order valence-corrected chi connectivity index (χ2v) is 15.0. The van der Waals surface area contributed by atoms with Gasteiger partial charge in [0.2, 0.25) is 0 Å². The molecule has 49 heavy (non-hydrogen) atoms. The highest BCUT2D eigenvalue weighted by Gasteiger charge is 2.18. The second-order valence-electron chi connectivity index (χ2n) is 15.0. The fourth-order valence-corrected chi connectivity index (χ4v) is 6.12. The van der Waals surface area contributed by atoms with Crippen LogP contribution in [-0.4, -0.2) is 0 Å². The van der Waals surface area contributed by atoms with Crippen molar-refractivity contribution in [1.29, 1.82) is 0 Å². The number of hydrogen-bond donors (Lipinski definition) is 0. The molecule has 0 bridgehead atoms. The number of nitrogens with zero attached hydrogens (tertiary/aromatic N) is 2. The van der Waals surface area contributed by atoms with Gasteiger partial charge in [-0.2, -0.15) is 0 Å². The van der Waals surface area contributed by atoms with E-state index in [9.17, 15) is 0 Å². The van der Waals surface area contributed by atoms with Gasteiger partial charge in [0.1, 0.15) is 0 Å². The Hall–Kier alpha value is -5.34. The molecular weight excluding hydrogens is 593 g/mol. The zero-order valence-corrected chi connectivity index (χ0v) is 30.0. The minimum atomic E-state index is 0.105. The average Bonchev–Trinajstić information content (AvgIpc) is 3.09. The molecule has 0 atom stereocenters. The van der Waals surface area contributed by atoms with Crippen LogP contribution in [0.25, 0.3) is 12.2 Å². The van der Waals surface area contributed by atoms with Crippen molar-refractivity contribution < 1.29 is 0 Å². The van der Waals surface area contributed by atoms with Crippen molar-refractivity contribution >= 4 is 46.3 Å². The first-order valence-corrected chi connectivity index (χ1v) is 17.3. The molecule has 6 aromatic carbocycles. The summed E-state index contributed by atoms with van der Waals surface area (Å²) in [6, 6.07) is 54.8. The van der Waals surface area contributed by atoms with E-state index >= 15 is 0 Å². The lowest BCUT2D eigenvalue weighted by Crippen LogP contribution is -2.14. The lowest BCUT2D eigenvalue weighted by atomic mass is 9.86. The molecule has 0 aliphatic carbocycles. The highest BCUT2D eigenvalue weighted by atomic mass is 15.1. The number of aryl methyl sites for hydroxylation is 1. The molecule has 0 aromatic heterocycles. The topological polar surface area (TPSA) is 6.48 Å². The van der Waals surface area contributed by atoms with Gasteiger partial charge in [0.15, 0.2) is 0 Å². The van der Waals surface area contributed by atoms with Crippen LogP contribution in [-0.2, 0) is 10.8 Å². The number of hydrogen-bond acceptors (Lipinski definition) is 2. The van der Waals surface area contributed by atoms with E-state index in [4.69, 9.17) is 0 Å². The van der Waals surface area contributed by atoms with Gasteiger partial charge >= 0.3 is 0 Å². The first-order chi connectivity index (χ1) is 23.5. The smallest absolute Gasteiger partial charge is 0.0464 e. The molecule has 6 aromatic rings. The van der Waals surface area contributed by atoms with E-state index in [1.165, 1.54) is 16.7 Å². The van der Waals surface area contributed by atoms with Crippen LogP contribution >= 0.6 is 0 Å². The van der Waals surface area contributed by atoms with E-state index in [-0.39, 0.29) is 10.8 Å². The molecule has 0 aliphatic rings. The predicted octanol–water partition coefficient (Wildman–Crippen LogP) is 13.7. The zero-order chi connectivity index (χ0) is 34.6. The van der Waals surface area contributed by atoms with Crippen molar-refractivity contribution in [3.8, 4) is 0 Å². The number of rotatable bonds is 8. The maximum Gasteiger partial charge on any atom is 0.0464 e. The minimum absolute atomic E-state index is 0.105. The van der Waals surface area contributed by atoms with Crippen molar-refractivity contribution in [3.05, 3.63) is 179 Å². The van der Waals surface area contributed by atoms with Crippen LogP contribution in [0.4, 0.5) is 34.1 Å². The molecule has 6 rings (SSSR count). The molecule has 0 spiro atoms. The summed E-state index contributed by atoms with van der Waals surface area (Å²) < 4.78 is 0. The summed E-state index contributed by atoms with van der Waals surface area (Å²) in [6.45, 7) is 15.7. The Morgan fingerprint density at radius 1 is 0.367 bits per heavy atom. The van der Waals surface area contributed by atoms with E-state index in [2.05, 4.69) is 222 Å². The Balaban J connectivity index is 1.25. The van der Waals surface area contributed by atoms with Crippen LogP contribution in [0.3, 0.4) is 0 Å². The van der Waals surface area contributed by atoms with Gasteiger partial charge < -0.3 is 9.80 Å². The Morgan fingerprint density at radius 3 is 1.10 bits per heavy atom. The summed E-state index contributed by atoms with van der Waals surface area (Å²) in [4.78, 5) is 4.65.